The van der Waals surface area contributed by atoms with Crippen molar-refractivity contribution in [3.8, 4) is 34.4 Å². The van der Waals surface area contributed by atoms with E-state index in [0.717, 1.165) is 74.7 Å². The first-order valence-corrected chi connectivity index (χ1v) is 26.5. The number of fused-ring (bicyclic) bond motifs is 2. The number of rotatable bonds is 15. The van der Waals surface area contributed by atoms with Gasteiger partial charge in [-0.3, -0.25) is 14.5 Å². The number of carbonyl (C=O) groups excluding carboxylic acids is 3. The normalized spacial score (nSPS) is 17.1. The molecule has 72 heavy (non-hydrogen) atoms. The lowest BCUT2D eigenvalue weighted by atomic mass is 9.93. The summed E-state index contributed by atoms with van der Waals surface area (Å²) in [6.45, 7) is 5.75. The molecular weight excluding hydrogens is 974 g/mol. The second-order valence-corrected chi connectivity index (χ2v) is 22.0. The van der Waals surface area contributed by atoms with Crippen molar-refractivity contribution in [3.63, 3.8) is 0 Å². The smallest absolute Gasteiger partial charge is 0.328 e. The van der Waals surface area contributed by atoms with Crippen molar-refractivity contribution in [2.75, 3.05) is 25.2 Å². The Morgan fingerprint density at radius 2 is 1.61 bits per heavy atom. The fraction of sp³-hybridized carbons (Fsp3) is 0.327. The second kappa shape index (κ2) is 21.5. The van der Waals surface area contributed by atoms with Crippen molar-refractivity contribution >= 4 is 55.9 Å². The van der Waals surface area contributed by atoms with E-state index in [2.05, 4.69) is 16.4 Å². The van der Waals surface area contributed by atoms with Gasteiger partial charge in [0.05, 0.1) is 24.4 Å². The number of ether oxygens (including phenoxy) is 4. The number of amides is 2. The van der Waals surface area contributed by atoms with Crippen molar-refractivity contribution in [2.24, 2.45) is 5.92 Å². The van der Waals surface area contributed by atoms with Gasteiger partial charge in [0.1, 0.15) is 31.0 Å². The van der Waals surface area contributed by atoms with Gasteiger partial charge in [-0.2, -0.15) is 9.57 Å². The second-order valence-electron chi connectivity index (χ2n) is 18.5. The zero-order chi connectivity index (χ0) is 50.7. The Hall–Kier alpha value is -6.77. The van der Waals surface area contributed by atoms with Crippen molar-refractivity contribution in [1.82, 2.24) is 14.6 Å². The molecule has 0 saturated heterocycles. The van der Waals surface area contributed by atoms with Crippen LogP contribution in [0.25, 0.3) is 11.1 Å². The summed E-state index contributed by atoms with van der Waals surface area (Å²) in [6.07, 6.45) is 3.61. The largest absolute Gasteiger partial charge is 0.489 e. The molecule has 372 valence electrons. The van der Waals surface area contributed by atoms with E-state index >= 15 is 8.42 Å². The monoisotopic (exact) mass is 1030 g/mol. The maximum Gasteiger partial charge on any atom is 0.328 e. The summed E-state index contributed by atoms with van der Waals surface area (Å²) in [6, 6.07) is 31.2. The number of nitriles is 1. The van der Waals surface area contributed by atoms with Gasteiger partial charge in [-0.1, -0.05) is 96.4 Å². The molecule has 17 heteroatoms. The molecule has 3 atom stereocenters. The van der Waals surface area contributed by atoms with Crippen LogP contribution in [-0.2, 0) is 55.1 Å². The summed E-state index contributed by atoms with van der Waals surface area (Å²) in [7, 11) is -3.26. The van der Waals surface area contributed by atoms with Crippen molar-refractivity contribution in [2.45, 2.75) is 94.8 Å². The Morgan fingerprint density at radius 1 is 0.931 bits per heavy atom. The van der Waals surface area contributed by atoms with Gasteiger partial charge in [0, 0.05) is 31.5 Å². The lowest BCUT2D eigenvalue weighted by Gasteiger charge is -2.36. The van der Waals surface area contributed by atoms with Gasteiger partial charge in [0.15, 0.2) is 26.9 Å². The molecule has 14 nitrogen and oxygen atoms in total. The minimum atomic E-state index is -4.49. The van der Waals surface area contributed by atoms with Gasteiger partial charge >= 0.3 is 5.97 Å². The lowest BCUT2D eigenvalue weighted by molar-refractivity contribution is -0.145. The predicted molar refractivity (Wildman–Crippen MR) is 274 cm³/mol. The Balaban J connectivity index is 0.982. The molecule has 2 amide bonds. The Morgan fingerprint density at radius 3 is 2.28 bits per heavy atom. The zero-order valence-electron chi connectivity index (χ0n) is 40.4. The van der Waals surface area contributed by atoms with E-state index < -0.39 is 40.1 Å². The molecule has 5 aromatic carbocycles. The molecule has 0 spiro atoms. The predicted octanol–water partition coefficient (Wildman–Crippen LogP) is 9.60. The van der Waals surface area contributed by atoms with E-state index in [-0.39, 0.29) is 52.9 Å². The van der Waals surface area contributed by atoms with Crippen molar-refractivity contribution < 1.29 is 41.7 Å². The first kappa shape index (κ1) is 50.2. The van der Waals surface area contributed by atoms with Crippen LogP contribution in [0.5, 0.6) is 17.2 Å². The van der Waals surface area contributed by atoms with E-state index in [1.165, 1.54) is 14.0 Å². The summed E-state index contributed by atoms with van der Waals surface area (Å²) < 4.78 is 55.4. The Labute approximate surface area is 428 Å². The molecule has 2 aliphatic heterocycles. The number of halogens is 1. The lowest BCUT2D eigenvalue weighted by Crippen LogP contribution is -2.56. The summed E-state index contributed by atoms with van der Waals surface area (Å²) in [5.74, 6) is 0.173. The maximum absolute atomic E-state index is 15.2. The molecule has 3 heterocycles. The number of nitrogens with zero attached hydrogens (tertiary/aromatic N) is 4. The zero-order valence-corrected chi connectivity index (χ0v) is 42.7. The third kappa shape index (κ3) is 11.0. The van der Waals surface area contributed by atoms with Crippen LogP contribution < -0.4 is 24.4 Å². The molecule has 1 aromatic heterocycles. The van der Waals surface area contributed by atoms with Crippen LogP contribution in [0.15, 0.2) is 107 Å². The van der Waals surface area contributed by atoms with E-state index in [1.54, 1.807) is 36.1 Å². The number of aryl methyl sites for hydroxylation is 2. The number of aromatic nitrogens is 1. The van der Waals surface area contributed by atoms with E-state index in [4.69, 9.17) is 30.5 Å². The molecule has 3 aliphatic rings. The fourth-order valence-electron chi connectivity index (χ4n) is 9.47. The highest BCUT2D eigenvalue weighted by atomic mass is 35.5. The molecule has 9 rings (SSSR count). The molecule has 0 radical (unpaired) electrons. The van der Waals surface area contributed by atoms with Gasteiger partial charge in [0.2, 0.25) is 11.8 Å². The highest BCUT2D eigenvalue weighted by Gasteiger charge is 2.44. The minimum absolute atomic E-state index is 0.0552. The van der Waals surface area contributed by atoms with Crippen LogP contribution in [0.3, 0.4) is 0 Å². The van der Waals surface area contributed by atoms with Crippen LogP contribution in [0.4, 0.5) is 5.13 Å². The SMILES string of the molecule is COC(=O)C(Cc1ccc(-c2ccc(C#N)cc2)cc1)NC(=O)[C@@H]1Cc2cc3c(cc2CN1S(=O)(=O)c1sc(N(CC2CCCC2)C(C)=O)nc1C)O[C@@H](c1ccc(OCc2ccc(C)c(Cl)c2)cc1)CO3. The third-order valence-electron chi connectivity index (χ3n) is 13.6. The third-order valence-corrected chi connectivity index (χ3v) is 17.6. The number of methoxy groups -OCH3 is 1. The highest BCUT2D eigenvalue weighted by molar-refractivity contribution is 7.91. The molecule has 6 aromatic rings. The summed E-state index contributed by atoms with van der Waals surface area (Å²) in [5, 5.41) is 13.0. The number of benzene rings is 5. The van der Waals surface area contributed by atoms with Crippen LogP contribution in [0, 0.1) is 31.1 Å². The Bertz CT molecular complexity index is 3150. The molecule has 1 saturated carbocycles. The van der Waals surface area contributed by atoms with Crippen molar-refractivity contribution in [3.05, 3.63) is 153 Å². The molecule has 1 N–H and O–H groups in total. The average Bonchev–Trinajstić information content (AvgIpc) is 4.06. The highest BCUT2D eigenvalue weighted by Crippen LogP contribution is 2.43. The molecule has 0 bridgehead atoms. The Kier molecular flexibility index (Phi) is 15.0. The van der Waals surface area contributed by atoms with Crippen LogP contribution in [0.2, 0.25) is 5.02 Å². The van der Waals surface area contributed by atoms with Gasteiger partial charge in [-0.25, -0.2) is 18.2 Å². The first-order chi connectivity index (χ1) is 34.7. The maximum atomic E-state index is 15.2. The van der Waals surface area contributed by atoms with Gasteiger partial charge in [-0.15, -0.1) is 0 Å². The number of nitrogens with one attached hydrogen (secondary N) is 1. The number of hydrogen-bond donors (Lipinski definition) is 1. The number of anilines is 1. The van der Waals surface area contributed by atoms with Gasteiger partial charge in [0.25, 0.3) is 10.0 Å². The first-order valence-electron chi connectivity index (χ1n) is 23.9. The van der Waals surface area contributed by atoms with Gasteiger partial charge in [-0.05, 0) is 126 Å². The molecule has 1 fully saturated rings. The van der Waals surface area contributed by atoms with Gasteiger partial charge < -0.3 is 24.3 Å². The molecule has 1 aliphatic carbocycles. The number of hydrogen-bond acceptors (Lipinski definition) is 12. The van der Waals surface area contributed by atoms with Crippen LogP contribution >= 0.6 is 22.9 Å². The van der Waals surface area contributed by atoms with Crippen molar-refractivity contribution in [1.29, 1.82) is 5.26 Å². The topological polar surface area (TPSA) is 177 Å². The molecular formula is C55H54ClN5O9S2. The number of thiazole rings is 1. The quantitative estimate of drug-likeness (QED) is 0.0969. The average molecular weight is 1030 g/mol. The van der Waals surface area contributed by atoms with Crippen LogP contribution in [0.1, 0.15) is 83.3 Å². The van der Waals surface area contributed by atoms with E-state index in [1.807, 2.05) is 85.8 Å². The minimum Gasteiger partial charge on any atom is -0.489 e. The van der Waals surface area contributed by atoms with E-state index in [9.17, 15) is 19.6 Å². The number of esters is 1. The summed E-state index contributed by atoms with van der Waals surface area (Å²) >= 11 is 7.22. The van der Waals surface area contributed by atoms with E-state index in [0.29, 0.717) is 52.1 Å². The summed E-state index contributed by atoms with van der Waals surface area (Å²) in [5.41, 5.74) is 7.32. The number of sulfonamides is 1. The molecule has 1 unspecified atom stereocenters. The number of carbonyl (C=O) groups is 3. The fourth-order valence-corrected chi connectivity index (χ4v) is 12.9. The van der Waals surface area contributed by atoms with Crippen LogP contribution in [-0.4, -0.2) is 67.8 Å². The summed E-state index contributed by atoms with van der Waals surface area (Å²) in [4.78, 5) is 47.4. The standard InChI is InChI=1S/C55H54ClN5O9S2/c1-33-9-10-39(23-46(33)56)31-68-45-21-19-42(20-22-45)51-32-69-49-26-43-25-48(52(63)59-47(53(64)67-4)24-36-11-15-40(16-12-36)41-17-13-37(28-57)14-18-41)61(30-44(43)27-50(49)70-51)72(65,66)54-34(2)58-55(71-54)60(35(3)62)29-38-7-5-6-8-38/h9-23,26-27,38,47-48,51H,5-8,24-25,29-32H2,1-4H3,(H,59,63)/t47?,48-,51+/m0/s1.